The molecule has 31 heavy (non-hydrogen) atoms. The van der Waals surface area contributed by atoms with Gasteiger partial charge in [0.25, 0.3) is 5.91 Å². The summed E-state index contributed by atoms with van der Waals surface area (Å²) < 4.78 is 0. The number of nitrogens with zero attached hydrogens (tertiary/aromatic N) is 3. The third-order valence-electron chi connectivity index (χ3n) is 5.97. The van der Waals surface area contributed by atoms with Crippen LogP contribution in [0.1, 0.15) is 51.1 Å². The number of carbonyl (C=O) groups excluding carboxylic acids is 2. The summed E-state index contributed by atoms with van der Waals surface area (Å²) in [6.45, 7) is 5.98. The fraction of sp³-hybridized carbons (Fsp3) is 0.400. The molecule has 2 aliphatic rings. The minimum Gasteiger partial charge on any atom is -0.503 e. The van der Waals surface area contributed by atoms with E-state index < -0.39 is 17.7 Å². The Hall–Kier alpha value is -3.15. The van der Waals surface area contributed by atoms with Crippen molar-refractivity contribution >= 4 is 23.1 Å². The van der Waals surface area contributed by atoms with Gasteiger partial charge in [0.1, 0.15) is 0 Å². The van der Waals surface area contributed by atoms with Crippen molar-refractivity contribution in [1.29, 1.82) is 0 Å². The first kappa shape index (κ1) is 21.1. The molecule has 0 spiro atoms. The van der Waals surface area contributed by atoms with Crippen LogP contribution in [0.15, 0.2) is 60.1 Å². The molecule has 2 aliphatic heterocycles. The number of aromatic nitrogens is 1. The monoisotopic (exact) mass is 419 g/mol. The topological polar surface area (TPSA) is 73.7 Å². The van der Waals surface area contributed by atoms with Crippen molar-refractivity contribution in [1.82, 2.24) is 4.98 Å². The van der Waals surface area contributed by atoms with Gasteiger partial charge in [-0.3, -0.25) is 19.5 Å². The minimum atomic E-state index is -0.664. The second-order valence-corrected chi connectivity index (χ2v) is 8.71. The van der Waals surface area contributed by atoms with Gasteiger partial charge < -0.3 is 10.0 Å². The highest BCUT2D eigenvalue weighted by molar-refractivity contribution is 6.16. The number of benzene rings is 1. The van der Waals surface area contributed by atoms with Crippen molar-refractivity contribution in [2.45, 2.75) is 45.6 Å². The fourth-order valence-electron chi connectivity index (χ4n) is 4.47. The Labute approximate surface area is 183 Å². The molecular formula is C25H29N3O3. The number of rotatable bonds is 6. The normalized spacial score (nSPS) is 19.5. The van der Waals surface area contributed by atoms with Gasteiger partial charge in [-0.1, -0.05) is 13.8 Å². The Morgan fingerprint density at radius 3 is 2.26 bits per heavy atom. The smallest absolute Gasteiger partial charge is 0.294 e. The molecule has 1 amide bonds. The summed E-state index contributed by atoms with van der Waals surface area (Å²) in [7, 11) is 0. The Morgan fingerprint density at radius 2 is 1.65 bits per heavy atom. The van der Waals surface area contributed by atoms with Gasteiger partial charge in [-0.05, 0) is 67.1 Å². The lowest BCUT2D eigenvalue weighted by Crippen LogP contribution is -2.31. The molecule has 4 rings (SSSR count). The van der Waals surface area contributed by atoms with Gasteiger partial charge in [0.2, 0.25) is 0 Å². The van der Waals surface area contributed by atoms with Crippen molar-refractivity contribution in [3.63, 3.8) is 0 Å². The van der Waals surface area contributed by atoms with E-state index in [1.807, 2.05) is 38.1 Å². The fourth-order valence-corrected chi connectivity index (χ4v) is 4.47. The molecule has 1 N–H and O–H groups in total. The summed E-state index contributed by atoms with van der Waals surface area (Å²) in [6.07, 6.45) is 7.19. The number of anilines is 2. The summed E-state index contributed by atoms with van der Waals surface area (Å²) in [6, 6.07) is 10.7. The van der Waals surface area contributed by atoms with Crippen LogP contribution in [-0.4, -0.2) is 34.9 Å². The first-order valence-corrected chi connectivity index (χ1v) is 11.0. The summed E-state index contributed by atoms with van der Waals surface area (Å²) in [5.41, 5.74) is 2.71. The lowest BCUT2D eigenvalue weighted by molar-refractivity contribution is -0.118. The quantitative estimate of drug-likeness (QED) is 0.741. The predicted molar refractivity (Wildman–Crippen MR) is 121 cm³/mol. The second kappa shape index (κ2) is 8.92. The van der Waals surface area contributed by atoms with Crippen molar-refractivity contribution in [2.75, 3.05) is 22.9 Å². The molecule has 0 radical (unpaired) electrons. The number of hydrogen-bond donors (Lipinski definition) is 1. The third kappa shape index (κ3) is 4.20. The van der Waals surface area contributed by atoms with Crippen molar-refractivity contribution < 1.29 is 14.7 Å². The summed E-state index contributed by atoms with van der Waals surface area (Å²) in [4.78, 5) is 34.1. The number of pyridine rings is 1. The predicted octanol–water partition coefficient (Wildman–Crippen LogP) is 4.59. The van der Waals surface area contributed by atoms with E-state index in [1.165, 1.54) is 24.2 Å². The highest BCUT2D eigenvalue weighted by Crippen LogP contribution is 2.41. The zero-order valence-corrected chi connectivity index (χ0v) is 18.1. The van der Waals surface area contributed by atoms with Crippen LogP contribution in [0, 0.1) is 5.92 Å². The van der Waals surface area contributed by atoms with Crippen LogP contribution in [0.3, 0.4) is 0 Å². The highest BCUT2D eigenvalue weighted by atomic mass is 16.3. The van der Waals surface area contributed by atoms with Crippen LogP contribution >= 0.6 is 0 Å². The van der Waals surface area contributed by atoms with Gasteiger partial charge in [-0.2, -0.15) is 0 Å². The lowest BCUT2D eigenvalue weighted by atomic mass is 9.92. The number of Topliss-reactive ketones (excluding diaryl/α,β-unsaturated/α-hetero) is 1. The maximum atomic E-state index is 13.1. The van der Waals surface area contributed by atoms with E-state index in [0.29, 0.717) is 5.69 Å². The maximum Gasteiger partial charge on any atom is 0.294 e. The standard InChI is InChI=1S/C25H29N3O3/c1-17(2)16-21(29)22-23(18-10-12-26-13-11-18)28(25(31)24(22)30)20-8-6-19(7-9-20)27-14-4-3-5-15-27/h6-13,17,23,30H,3-5,14-16H2,1-2H3. The van der Waals surface area contributed by atoms with Crippen LogP contribution in [0.5, 0.6) is 0 Å². The van der Waals surface area contributed by atoms with Crippen LogP contribution in [0.4, 0.5) is 11.4 Å². The molecule has 1 aromatic carbocycles. The van der Waals surface area contributed by atoms with Crippen LogP contribution in [0.25, 0.3) is 0 Å². The molecule has 162 valence electrons. The Morgan fingerprint density at radius 1 is 1.03 bits per heavy atom. The van der Waals surface area contributed by atoms with Gasteiger partial charge >= 0.3 is 0 Å². The van der Waals surface area contributed by atoms with E-state index in [1.54, 1.807) is 24.5 Å². The number of aliphatic hydroxyl groups excluding tert-OH is 1. The van der Waals surface area contributed by atoms with Crippen molar-refractivity contribution in [3.8, 4) is 0 Å². The molecule has 0 bridgehead atoms. The van der Waals surface area contributed by atoms with Crippen LogP contribution in [-0.2, 0) is 9.59 Å². The third-order valence-corrected chi connectivity index (χ3v) is 5.97. The summed E-state index contributed by atoms with van der Waals surface area (Å²) in [5, 5.41) is 10.7. The van der Waals surface area contributed by atoms with Crippen LogP contribution in [0.2, 0.25) is 0 Å². The molecule has 6 nitrogen and oxygen atoms in total. The van der Waals surface area contributed by atoms with Crippen molar-refractivity contribution in [2.24, 2.45) is 5.92 Å². The van der Waals surface area contributed by atoms with E-state index in [4.69, 9.17) is 0 Å². The van der Waals surface area contributed by atoms with E-state index in [-0.39, 0.29) is 23.7 Å². The molecule has 1 saturated heterocycles. The number of hydrogen-bond acceptors (Lipinski definition) is 5. The number of aliphatic hydroxyl groups is 1. The number of carbonyl (C=O) groups is 2. The first-order valence-electron chi connectivity index (χ1n) is 11.0. The Balaban J connectivity index is 1.70. The molecule has 6 heteroatoms. The number of amides is 1. The minimum absolute atomic E-state index is 0.124. The van der Waals surface area contributed by atoms with E-state index >= 15 is 0 Å². The van der Waals surface area contributed by atoms with Gasteiger partial charge in [-0.15, -0.1) is 0 Å². The van der Waals surface area contributed by atoms with E-state index in [2.05, 4.69) is 9.88 Å². The highest BCUT2D eigenvalue weighted by Gasteiger charge is 2.44. The number of piperidine rings is 1. The van der Waals surface area contributed by atoms with Gasteiger partial charge in [-0.25, -0.2) is 0 Å². The summed E-state index contributed by atoms with van der Waals surface area (Å²) >= 11 is 0. The second-order valence-electron chi connectivity index (χ2n) is 8.71. The molecule has 0 saturated carbocycles. The molecular weight excluding hydrogens is 390 g/mol. The average Bonchev–Trinajstić information content (AvgIpc) is 3.05. The number of ketones is 1. The van der Waals surface area contributed by atoms with Gasteiger partial charge in [0.15, 0.2) is 11.5 Å². The first-order chi connectivity index (χ1) is 15.0. The van der Waals surface area contributed by atoms with E-state index in [0.717, 1.165) is 24.3 Å². The summed E-state index contributed by atoms with van der Waals surface area (Å²) in [5.74, 6) is -1.07. The SMILES string of the molecule is CC(C)CC(=O)C1=C(O)C(=O)N(c2ccc(N3CCCCC3)cc2)C1c1ccncc1. The maximum absolute atomic E-state index is 13.1. The van der Waals surface area contributed by atoms with Crippen LogP contribution < -0.4 is 9.80 Å². The van der Waals surface area contributed by atoms with Gasteiger partial charge in [0, 0.05) is 43.3 Å². The van der Waals surface area contributed by atoms with Crippen molar-refractivity contribution in [3.05, 3.63) is 65.7 Å². The zero-order chi connectivity index (χ0) is 22.0. The lowest BCUT2D eigenvalue weighted by Gasteiger charge is -2.30. The molecule has 1 aromatic heterocycles. The molecule has 3 heterocycles. The molecule has 2 aromatic rings. The largest absolute Gasteiger partial charge is 0.503 e. The molecule has 1 unspecified atom stereocenters. The molecule has 0 aliphatic carbocycles. The Bertz CT molecular complexity index is 977. The Kier molecular flexibility index (Phi) is 6.07. The average molecular weight is 420 g/mol. The van der Waals surface area contributed by atoms with E-state index in [9.17, 15) is 14.7 Å². The molecule has 1 atom stereocenters. The zero-order valence-electron chi connectivity index (χ0n) is 18.1. The molecule has 1 fully saturated rings. The van der Waals surface area contributed by atoms with Gasteiger partial charge in [0.05, 0.1) is 11.6 Å².